The summed E-state index contributed by atoms with van der Waals surface area (Å²) >= 11 is 0. The Labute approximate surface area is 156 Å². The summed E-state index contributed by atoms with van der Waals surface area (Å²) in [5.74, 6) is 0.660. The van der Waals surface area contributed by atoms with Crippen molar-refractivity contribution < 1.29 is 4.79 Å². The number of piperidine rings is 1. The first-order valence-corrected chi connectivity index (χ1v) is 9.45. The van der Waals surface area contributed by atoms with Gasteiger partial charge < -0.3 is 11.1 Å². The largest absolute Gasteiger partial charge is 0.324 e. The highest BCUT2D eigenvalue weighted by Crippen LogP contribution is 2.20. The lowest BCUT2D eigenvalue weighted by molar-refractivity contribution is -0.117. The molecule has 2 aromatic rings. The number of amides is 1. The Morgan fingerprint density at radius 3 is 2.35 bits per heavy atom. The highest BCUT2D eigenvalue weighted by atomic mass is 16.2. The molecular formula is C22H29N3O. The molecule has 1 saturated heterocycles. The van der Waals surface area contributed by atoms with E-state index >= 15 is 0 Å². The minimum absolute atomic E-state index is 0.188. The van der Waals surface area contributed by atoms with E-state index in [-0.39, 0.29) is 5.91 Å². The maximum atomic E-state index is 12.4. The second-order valence-electron chi connectivity index (χ2n) is 7.53. The summed E-state index contributed by atoms with van der Waals surface area (Å²) in [7, 11) is 0. The quantitative estimate of drug-likeness (QED) is 0.860. The molecule has 1 atom stereocenters. The number of carbonyl (C=O) groups is 1. The molecule has 0 spiro atoms. The first-order valence-electron chi connectivity index (χ1n) is 9.45. The van der Waals surface area contributed by atoms with E-state index in [4.69, 9.17) is 5.73 Å². The Bertz CT molecular complexity index is 716. The summed E-state index contributed by atoms with van der Waals surface area (Å²) in [6.07, 6.45) is 2.57. The molecule has 1 aliphatic rings. The minimum atomic E-state index is -0.661. The Hall–Kier alpha value is -2.17. The number of rotatable bonds is 5. The van der Waals surface area contributed by atoms with E-state index in [1.165, 1.54) is 31.5 Å². The smallest absolute Gasteiger partial charge is 0.245 e. The number of carbonyl (C=O) groups excluding carboxylic acids is 1. The normalized spacial score (nSPS) is 17.0. The summed E-state index contributed by atoms with van der Waals surface area (Å²) < 4.78 is 0. The van der Waals surface area contributed by atoms with Gasteiger partial charge in [0, 0.05) is 12.2 Å². The molecular weight excluding hydrogens is 322 g/mol. The third kappa shape index (κ3) is 4.93. The van der Waals surface area contributed by atoms with Gasteiger partial charge in [-0.3, -0.25) is 9.69 Å². The molecule has 4 heteroatoms. The van der Waals surface area contributed by atoms with Gasteiger partial charge in [0.1, 0.15) is 6.04 Å². The van der Waals surface area contributed by atoms with Crippen LogP contribution in [0.5, 0.6) is 0 Å². The van der Waals surface area contributed by atoms with Gasteiger partial charge in [0.2, 0.25) is 5.91 Å². The number of nitrogens with two attached hydrogens (primary N) is 1. The number of hydrogen-bond donors (Lipinski definition) is 2. The molecule has 0 bridgehead atoms. The first kappa shape index (κ1) is 18.6. The summed E-state index contributed by atoms with van der Waals surface area (Å²) in [5, 5.41) is 2.91. The first-order chi connectivity index (χ1) is 12.5. The van der Waals surface area contributed by atoms with Gasteiger partial charge >= 0.3 is 0 Å². The topological polar surface area (TPSA) is 58.4 Å². The van der Waals surface area contributed by atoms with Gasteiger partial charge in [0.15, 0.2) is 0 Å². The van der Waals surface area contributed by atoms with Gasteiger partial charge in [0.25, 0.3) is 0 Å². The Morgan fingerprint density at radius 1 is 1.12 bits per heavy atom. The lowest BCUT2D eigenvalue weighted by Gasteiger charge is -2.30. The maximum absolute atomic E-state index is 12.4. The number of nitrogens with zero attached hydrogens (tertiary/aromatic N) is 1. The molecule has 1 amide bonds. The molecule has 1 aliphatic heterocycles. The molecule has 1 heterocycles. The fraction of sp³-hybridized carbons (Fsp3) is 0.409. The molecule has 26 heavy (non-hydrogen) atoms. The Morgan fingerprint density at radius 2 is 1.73 bits per heavy atom. The highest BCUT2D eigenvalue weighted by molar-refractivity contribution is 5.95. The predicted molar refractivity (Wildman–Crippen MR) is 107 cm³/mol. The zero-order valence-electron chi connectivity index (χ0n) is 15.7. The van der Waals surface area contributed by atoms with Crippen LogP contribution in [0.25, 0.3) is 0 Å². The number of anilines is 1. The van der Waals surface area contributed by atoms with Crippen molar-refractivity contribution in [3.63, 3.8) is 0 Å². The highest BCUT2D eigenvalue weighted by Gasteiger charge is 2.17. The van der Waals surface area contributed by atoms with Crippen molar-refractivity contribution in [2.45, 2.75) is 39.3 Å². The van der Waals surface area contributed by atoms with Crippen molar-refractivity contribution in [1.29, 1.82) is 0 Å². The van der Waals surface area contributed by atoms with E-state index in [1.54, 1.807) is 0 Å². The fourth-order valence-electron chi connectivity index (χ4n) is 3.32. The zero-order chi connectivity index (χ0) is 18.5. The lowest BCUT2D eigenvalue weighted by Crippen LogP contribution is -2.32. The van der Waals surface area contributed by atoms with Crippen LogP contribution in [-0.2, 0) is 11.3 Å². The molecule has 0 aliphatic carbocycles. The molecule has 1 unspecified atom stereocenters. The zero-order valence-corrected chi connectivity index (χ0v) is 15.7. The molecule has 138 valence electrons. The van der Waals surface area contributed by atoms with Gasteiger partial charge in [-0.05, 0) is 62.0 Å². The van der Waals surface area contributed by atoms with Gasteiger partial charge in [0.05, 0.1) is 0 Å². The standard InChI is InChI=1S/C22H29N3O/c1-16-3-7-19(8-4-16)21(23)22(26)24-20-9-5-18(6-10-20)15-25-13-11-17(2)12-14-25/h3-10,17,21H,11-15,23H2,1-2H3,(H,24,26). The summed E-state index contributed by atoms with van der Waals surface area (Å²) in [5.41, 5.74) is 10.1. The maximum Gasteiger partial charge on any atom is 0.245 e. The molecule has 4 nitrogen and oxygen atoms in total. The van der Waals surface area contributed by atoms with Crippen LogP contribution in [0.2, 0.25) is 0 Å². The summed E-state index contributed by atoms with van der Waals surface area (Å²) in [6, 6.07) is 15.2. The van der Waals surface area contributed by atoms with Gasteiger partial charge in [-0.1, -0.05) is 48.9 Å². The molecule has 1 fully saturated rings. The average molecular weight is 351 g/mol. The number of likely N-dealkylation sites (tertiary alicyclic amines) is 1. The van der Waals surface area contributed by atoms with Crippen molar-refractivity contribution in [2.24, 2.45) is 11.7 Å². The van der Waals surface area contributed by atoms with E-state index in [0.717, 1.165) is 29.3 Å². The van der Waals surface area contributed by atoms with Crippen molar-refractivity contribution in [1.82, 2.24) is 4.90 Å². The van der Waals surface area contributed by atoms with Crippen LogP contribution in [0.15, 0.2) is 48.5 Å². The van der Waals surface area contributed by atoms with Crippen LogP contribution in [0, 0.1) is 12.8 Å². The molecule has 2 aromatic carbocycles. The average Bonchev–Trinajstić information content (AvgIpc) is 2.65. The summed E-state index contributed by atoms with van der Waals surface area (Å²) in [6.45, 7) is 7.66. The molecule has 3 N–H and O–H groups in total. The lowest BCUT2D eigenvalue weighted by atomic mass is 9.99. The number of nitrogens with one attached hydrogen (secondary N) is 1. The van der Waals surface area contributed by atoms with Gasteiger partial charge in [-0.15, -0.1) is 0 Å². The van der Waals surface area contributed by atoms with Crippen LogP contribution in [0.3, 0.4) is 0 Å². The molecule has 0 saturated carbocycles. The predicted octanol–water partition coefficient (Wildman–Crippen LogP) is 3.87. The van der Waals surface area contributed by atoms with Gasteiger partial charge in [-0.2, -0.15) is 0 Å². The van der Waals surface area contributed by atoms with Crippen molar-refractivity contribution >= 4 is 11.6 Å². The number of benzene rings is 2. The van der Waals surface area contributed by atoms with Crippen LogP contribution in [0.4, 0.5) is 5.69 Å². The Kier molecular flexibility index (Phi) is 6.07. The number of aryl methyl sites for hydroxylation is 1. The van der Waals surface area contributed by atoms with E-state index < -0.39 is 6.04 Å². The van der Waals surface area contributed by atoms with Crippen molar-refractivity contribution in [2.75, 3.05) is 18.4 Å². The van der Waals surface area contributed by atoms with E-state index in [1.807, 2.05) is 43.3 Å². The summed E-state index contributed by atoms with van der Waals surface area (Å²) in [4.78, 5) is 14.9. The van der Waals surface area contributed by atoms with E-state index in [0.29, 0.717) is 0 Å². The fourth-order valence-corrected chi connectivity index (χ4v) is 3.32. The van der Waals surface area contributed by atoms with Crippen LogP contribution < -0.4 is 11.1 Å². The molecule has 0 radical (unpaired) electrons. The SMILES string of the molecule is Cc1ccc(C(N)C(=O)Nc2ccc(CN3CCC(C)CC3)cc2)cc1. The minimum Gasteiger partial charge on any atom is -0.324 e. The third-order valence-corrected chi connectivity index (χ3v) is 5.22. The van der Waals surface area contributed by atoms with Crippen LogP contribution in [-0.4, -0.2) is 23.9 Å². The van der Waals surface area contributed by atoms with Crippen molar-refractivity contribution in [3.05, 3.63) is 65.2 Å². The second kappa shape index (κ2) is 8.47. The third-order valence-electron chi connectivity index (χ3n) is 5.22. The second-order valence-corrected chi connectivity index (χ2v) is 7.53. The van der Waals surface area contributed by atoms with E-state index in [9.17, 15) is 4.79 Å². The number of hydrogen-bond acceptors (Lipinski definition) is 3. The monoisotopic (exact) mass is 351 g/mol. The van der Waals surface area contributed by atoms with Gasteiger partial charge in [-0.25, -0.2) is 0 Å². The van der Waals surface area contributed by atoms with Crippen LogP contribution in [0.1, 0.15) is 42.5 Å². The van der Waals surface area contributed by atoms with Crippen molar-refractivity contribution in [3.8, 4) is 0 Å². The van der Waals surface area contributed by atoms with Crippen LogP contribution >= 0.6 is 0 Å². The molecule has 3 rings (SSSR count). The molecule has 0 aromatic heterocycles. The Balaban J connectivity index is 1.55. The van der Waals surface area contributed by atoms with E-state index in [2.05, 4.69) is 29.3 Å².